The monoisotopic (exact) mass is 299 g/mol. The second kappa shape index (κ2) is 7.73. The van der Waals surface area contributed by atoms with Gasteiger partial charge in [0.2, 0.25) is 0 Å². The minimum Gasteiger partial charge on any atom is -0.489 e. The second-order valence-corrected chi connectivity index (χ2v) is 4.97. The first-order chi connectivity index (χ1) is 10.2. The molecule has 0 saturated carbocycles. The molecule has 0 aromatic heterocycles. The molecule has 2 rings (SSSR count). The first-order valence-corrected chi connectivity index (χ1v) is 7.30. The molecule has 0 unspecified atom stereocenters. The van der Waals surface area contributed by atoms with Crippen LogP contribution in [-0.4, -0.2) is 6.54 Å². The van der Waals surface area contributed by atoms with Gasteiger partial charge in [-0.1, -0.05) is 48.6 Å². The molecule has 3 heteroatoms. The van der Waals surface area contributed by atoms with E-state index >= 15 is 0 Å². The Kier molecular flexibility index (Phi) is 5.68. The van der Waals surface area contributed by atoms with Crippen molar-refractivity contribution >= 4 is 11.6 Å². The van der Waals surface area contributed by atoms with E-state index in [0.29, 0.717) is 13.2 Å². The molecule has 2 N–H and O–H groups in total. The molecule has 0 heterocycles. The van der Waals surface area contributed by atoms with Crippen LogP contribution in [-0.2, 0) is 13.0 Å². The smallest absolute Gasteiger partial charge is 0.120 e. The molecule has 2 aromatic carbocycles. The molecule has 2 aromatic rings. The molecule has 0 aliphatic rings. The van der Waals surface area contributed by atoms with Gasteiger partial charge in [0.15, 0.2) is 0 Å². The van der Waals surface area contributed by atoms with E-state index in [4.69, 9.17) is 22.1 Å². The molecule has 21 heavy (non-hydrogen) atoms. The highest BCUT2D eigenvalue weighted by Gasteiger charge is 2.03. The minimum absolute atomic E-state index is 0.353. The molecule has 0 spiro atoms. The first kappa shape index (κ1) is 15.4. The van der Waals surface area contributed by atoms with Crippen LogP contribution in [0.2, 0.25) is 5.02 Å². The van der Waals surface area contributed by atoms with Crippen LogP contribution in [0.5, 0.6) is 5.75 Å². The van der Waals surface area contributed by atoms with Crippen LogP contribution < -0.4 is 10.5 Å². The van der Waals surface area contributed by atoms with E-state index in [1.54, 1.807) is 0 Å². The molecular formula is C18H18ClNO. The lowest BCUT2D eigenvalue weighted by atomic mass is 10.1. The van der Waals surface area contributed by atoms with Crippen molar-refractivity contribution in [3.63, 3.8) is 0 Å². The van der Waals surface area contributed by atoms with Crippen LogP contribution in [0.15, 0.2) is 42.5 Å². The van der Waals surface area contributed by atoms with Crippen LogP contribution in [0.25, 0.3) is 0 Å². The number of halogens is 1. The number of hydrogen-bond acceptors (Lipinski definition) is 2. The summed E-state index contributed by atoms with van der Waals surface area (Å²) in [5.41, 5.74) is 8.51. The predicted octanol–water partition coefficient (Wildman–Crippen LogP) is 3.79. The molecule has 0 bridgehead atoms. The standard InChI is InChI=1S/C18H18ClNO/c1-2-14-12-17(9-10-18(14)19)21-13-16-7-4-3-6-15(16)8-5-11-20/h3-4,6-7,9-10,12H,2,11,13,20H2,1H3. The van der Waals surface area contributed by atoms with Crippen molar-refractivity contribution in [3.05, 3.63) is 64.2 Å². The largest absolute Gasteiger partial charge is 0.489 e. The fourth-order valence-corrected chi connectivity index (χ4v) is 2.24. The lowest BCUT2D eigenvalue weighted by Crippen LogP contribution is -1.99. The number of aryl methyl sites for hydroxylation is 1. The van der Waals surface area contributed by atoms with Gasteiger partial charge in [0.05, 0.1) is 6.54 Å². The molecule has 0 aliphatic carbocycles. The zero-order valence-corrected chi connectivity index (χ0v) is 12.8. The van der Waals surface area contributed by atoms with Crippen molar-refractivity contribution in [2.75, 3.05) is 6.54 Å². The Morgan fingerprint density at radius 2 is 1.95 bits per heavy atom. The SMILES string of the molecule is CCc1cc(OCc2ccccc2C#CCN)ccc1Cl. The van der Waals surface area contributed by atoms with Crippen LogP contribution in [0, 0.1) is 11.8 Å². The van der Waals surface area contributed by atoms with Gasteiger partial charge < -0.3 is 10.5 Å². The molecular weight excluding hydrogens is 282 g/mol. The number of ether oxygens (including phenoxy) is 1. The third-order valence-corrected chi connectivity index (χ3v) is 3.50. The molecule has 2 nitrogen and oxygen atoms in total. The summed E-state index contributed by atoms with van der Waals surface area (Å²) in [5.74, 6) is 6.76. The van der Waals surface area contributed by atoms with E-state index in [1.807, 2.05) is 42.5 Å². The van der Waals surface area contributed by atoms with Crippen LogP contribution in [0.4, 0.5) is 0 Å². The van der Waals surface area contributed by atoms with Crippen molar-refractivity contribution in [1.82, 2.24) is 0 Å². The Labute approximate surface area is 130 Å². The zero-order valence-electron chi connectivity index (χ0n) is 12.0. The third kappa shape index (κ3) is 4.26. The highest BCUT2D eigenvalue weighted by molar-refractivity contribution is 6.31. The molecule has 108 valence electrons. The lowest BCUT2D eigenvalue weighted by Gasteiger charge is -2.10. The van der Waals surface area contributed by atoms with Crippen LogP contribution in [0.3, 0.4) is 0 Å². The van der Waals surface area contributed by atoms with Gasteiger partial charge in [-0.2, -0.15) is 0 Å². The summed E-state index contributed by atoms with van der Waals surface area (Å²) >= 11 is 6.11. The predicted molar refractivity (Wildman–Crippen MR) is 87.5 cm³/mol. The van der Waals surface area contributed by atoms with Crippen LogP contribution in [0.1, 0.15) is 23.6 Å². The van der Waals surface area contributed by atoms with E-state index in [0.717, 1.165) is 33.9 Å². The van der Waals surface area contributed by atoms with Gasteiger partial charge in [0, 0.05) is 16.1 Å². The summed E-state index contributed by atoms with van der Waals surface area (Å²) in [7, 11) is 0. The van der Waals surface area contributed by atoms with Crippen molar-refractivity contribution in [1.29, 1.82) is 0 Å². The summed E-state index contributed by atoms with van der Waals surface area (Å²) in [6.45, 7) is 2.90. The summed E-state index contributed by atoms with van der Waals surface area (Å²) in [5, 5.41) is 0.777. The summed E-state index contributed by atoms with van der Waals surface area (Å²) < 4.78 is 5.85. The van der Waals surface area contributed by atoms with Crippen molar-refractivity contribution in [2.24, 2.45) is 5.73 Å². The quantitative estimate of drug-likeness (QED) is 0.872. The number of benzene rings is 2. The van der Waals surface area contributed by atoms with Gasteiger partial charge in [-0.25, -0.2) is 0 Å². The Bertz CT molecular complexity index is 670. The highest BCUT2D eigenvalue weighted by atomic mass is 35.5. The minimum atomic E-state index is 0.353. The fourth-order valence-electron chi connectivity index (χ4n) is 1.99. The maximum atomic E-state index is 6.11. The number of nitrogens with two attached hydrogens (primary N) is 1. The van der Waals surface area contributed by atoms with Gasteiger partial charge >= 0.3 is 0 Å². The van der Waals surface area contributed by atoms with Gasteiger partial charge in [0.1, 0.15) is 12.4 Å². The average Bonchev–Trinajstić information content (AvgIpc) is 2.53. The molecule has 0 radical (unpaired) electrons. The fraction of sp³-hybridized carbons (Fsp3) is 0.222. The van der Waals surface area contributed by atoms with E-state index in [-0.39, 0.29) is 0 Å². The highest BCUT2D eigenvalue weighted by Crippen LogP contribution is 2.23. The maximum absolute atomic E-state index is 6.11. The van der Waals surface area contributed by atoms with Gasteiger partial charge in [-0.05, 0) is 36.2 Å². The van der Waals surface area contributed by atoms with Gasteiger partial charge in [0.25, 0.3) is 0 Å². The van der Waals surface area contributed by atoms with Crippen molar-refractivity contribution in [2.45, 2.75) is 20.0 Å². The molecule has 0 fully saturated rings. The Balaban J connectivity index is 2.13. The maximum Gasteiger partial charge on any atom is 0.120 e. The summed E-state index contributed by atoms with van der Waals surface area (Å²) in [4.78, 5) is 0. The normalized spacial score (nSPS) is 9.86. The van der Waals surface area contributed by atoms with E-state index in [1.165, 1.54) is 0 Å². The van der Waals surface area contributed by atoms with Crippen molar-refractivity contribution in [3.8, 4) is 17.6 Å². The molecule has 0 aliphatic heterocycles. The number of rotatable bonds is 4. The Morgan fingerprint density at radius 3 is 2.71 bits per heavy atom. The zero-order chi connectivity index (χ0) is 15.1. The van der Waals surface area contributed by atoms with Crippen LogP contribution >= 0.6 is 11.6 Å². The first-order valence-electron chi connectivity index (χ1n) is 6.92. The van der Waals surface area contributed by atoms with Gasteiger partial charge in [-0.15, -0.1) is 0 Å². The molecule has 0 atom stereocenters. The lowest BCUT2D eigenvalue weighted by molar-refractivity contribution is 0.305. The van der Waals surface area contributed by atoms with E-state index in [9.17, 15) is 0 Å². The molecule has 0 saturated heterocycles. The van der Waals surface area contributed by atoms with E-state index in [2.05, 4.69) is 18.8 Å². The van der Waals surface area contributed by atoms with Gasteiger partial charge in [-0.3, -0.25) is 0 Å². The topological polar surface area (TPSA) is 35.2 Å². The third-order valence-electron chi connectivity index (χ3n) is 3.13. The van der Waals surface area contributed by atoms with E-state index < -0.39 is 0 Å². The summed E-state index contributed by atoms with van der Waals surface area (Å²) in [6, 6.07) is 13.7. The number of hydrogen-bond donors (Lipinski definition) is 1. The average molecular weight is 300 g/mol. The molecule has 0 amide bonds. The van der Waals surface area contributed by atoms with Crippen molar-refractivity contribution < 1.29 is 4.74 Å². The second-order valence-electron chi connectivity index (χ2n) is 4.56. The Hall–Kier alpha value is -1.95. The summed E-state index contributed by atoms with van der Waals surface area (Å²) in [6.07, 6.45) is 0.884. The Morgan fingerprint density at radius 1 is 1.14 bits per heavy atom.